The van der Waals surface area contributed by atoms with Crippen LogP contribution in [0.4, 0.5) is 0 Å². The van der Waals surface area contributed by atoms with Crippen molar-refractivity contribution in [2.45, 2.75) is 13.0 Å². The van der Waals surface area contributed by atoms with Crippen LogP contribution in [0.5, 0.6) is 0 Å². The number of carbonyl (C=O) groups excluding carboxylic acids is 1. The van der Waals surface area contributed by atoms with Gasteiger partial charge in [0.15, 0.2) is 0 Å². The van der Waals surface area contributed by atoms with Crippen molar-refractivity contribution in [2.24, 2.45) is 5.73 Å². The number of amides is 1. The first-order valence-electron chi connectivity index (χ1n) is 5.28. The van der Waals surface area contributed by atoms with E-state index in [2.05, 4.69) is 10.3 Å². The van der Waals surface area contributed by atoms with Crippen LogP contribution in [0.1, 0.15) is 17.4 Å². The highest BCUT2D eigenvalue weighted by Crippen LogP contribution is 2.14. The molecule has 1 heterocycles. The fraction of sp³-hybridized carbons (Fsp3) is 0.250. The predicted octanol–water partition coefficient (Wildman–Crippen LogP) is 1.24. The Morgan fingerprint density at radius 3 is 2.94 bits per heavy atom. The Labute approximate surface area is 93.8 Å². The zero-order chi connectivity index (χ0) is 11.5. The standard InChI is InChI=1S/C12H15N3O/c1-8(13)7-14-12(16)11-6-9-4-2-3-5-10(9)15-11/h2-6,8,15H,7,13H2,1H3,(H,14,16). The van der Waals surface area contributed by atoms with E-state index in [1.165, 1.54) is 0 Å². The largest absolute Gasteiger partial charge is 0.351 e. The van der Waals surface area contributed by atoms with E-state index in [9.17, 15) is 4.79 Å². The highest BCUT2D eigenvalue weighted by Gasteiger charge is 2.08. The predicted molar refractivity (Wildman–Crippen MR) is 64.3 cm³/mol. The van der Waals surface area contributed by atoms with Crippen molar-refractivity contribution in [3.8, 4) is 0 Å². The smallest absolute Gasteiger partial charge is 0.267 e. The number of rotatable bonds is 3. The third kappa shape index (κ3) is 2.23. The first kappa shape index (κ1) is 10.7. The first-order chi connectivity index (χ1) is 7.66. The molecule has 16 heavy (non-hydrogen) atoms. The molecular weight excluding hydrogens is 202 g/mol. The van der Waals surface area contributed by atoms with Gasteiger partial charge in [-0.15, -0.1) is 0 Å². The van der Waals surface area contributed by atoms with Gasteiger partial charge in [0.1, 0.15) is 5.69 Å². The molecule has 1 aromatic carbocycles. The second-order valence-corrected chi connectivity index (χ2v) is 3.96. The molecule has 0 spiro atoms. The summed E-state index contributed by atoms with van der Waals surface area (Å²) in [7, 11) is 0. The Morgan fingerprint density at radius 1 is 1.50 bits per heavy atom. The lowest BCUT2D eigenvalue weighted by atomic mass is 10.2. The number of aromatic amines is 1. The van der Waals surface area contributed by atoms with Crippen LogP contribution in [0.3, 0.4) is 0 Å². The number of nitrogens with two attached hydrogens (primary N) is 1. The van der Waals surface area contributed by atoms with E-state index in [1.54, 1.807) is 0 Å². The van der Waals surface area contributed by atoms with Crippen LogP contribution in [-0.4, -0.2) is 23.5 Å². The SMILES string of the molecule is CC(N)CNC(=O)c1cc2ccccc2[nH]1. The molecule has 84 valence electrons. The van der Waals surface area contributed by atoms with E-state index in [1.807, 2.05) is 37.3 Å². The molecule has 0 bridgehead atoms. The van der Waals surface area contributed by atoms with Crippen molar-refractivity contribution in [1.29, 1.82) is 0 Å². The number of H-pyrrole nitrogens is 1. The van der Waals surface area contributed by atoms with E-state index in [0.717, 1.165) is 10.9 Å². The van der Waals surface area contributed by atoms with Crippen molar-refractivity contribution in [3.63, 3.8) is 0 Å². The van der Waals surface area contributed by atoms with Crippen molar-refractivity contribution < 1.29 is 4.79 Å². The van der Waals surface area contributed by atoms with Gasteiger partial charge in [0.25, 0.3) is 5.91 Å². The monoisotopic (exact) mass is 217 g/mol. The molecule has 4 nitrogen and oxygen atoms in total. The molecule has 1 unspecified atom stereocenters. The summed E-state index contributed by atoms with van der Waals surface area (Å²) in [6.45, 7) is 2.33. The van der Waals surface area contributed by atoms with E-state index in [0.29, 0.717) is 12.2 Å². The average Bonchev–Trinajstić information content (AvgIpc) is 2.69. The Bertz CT molecular complexity index is 469. The van der Waals surface area contributed by atoms with Crippen molar-refractivity contribution in [1.82, 2.24) is 10.3 Å². The molecule has 0 aliphatic heterocycles. The van der Waals surface area contributed by atoms with Gasteiger partial charge in [0.05, 0.1) is 0 Å². The van der Waals surface area contributed by atoms with E-state index < -0.39 is 0 Å². The molecule has 0 radical (unpaired) electrons. The van der Waals surface area contributed by atoms with E-state index in [-0.39, 0.29) is 11.9 Å². The van der Waals surface area contributed by atoms with Crippen molar-refractivity contribution >= 4 is 16.8 Å². The molecular formula is C12H15N3O. The molecule has 2 rings (SSSR count). The Morgan fingerprint density at radius 2 is 2.25 bits per heavy atom. The van der Waals surface area contributed by atoms with Gasteiger partial charge in [0.2, 0.25) is 0 Å². The molecule has 0 saturated carbocycles. The molecule has 1 aromatic heterocycles. The minimum absolute atomic E-state index is 0.0340. The summed E-state index contributed by atoms with van der Waals surface area (Å²) in [5, 5.41) is 3.80. The minimum atomic E-state index is -0.117. The number of carbonyl (C=O) groups is 1. The summed E-state index contributed by atoms with van der Waals surface area (Å²) in [4.78, 5) is 14.8. The van der Waals surface area contributed by atoms with Crippen LogP contribution in [0.15, 0.2) is 30.3 Å². The number of nitrogens with one attached hydrogen (secondary N) is 2. The molecule has 0 fully saturated rings. The van der Waals surface area contributed by atoms with Crippen LogP contribution in [0.2, 0.25) is 0 Å². The lowest BCUT2D eigenvalue weighted by Gasteiger charge is -2.05. The summed E-state index contributed by atoms with van der Waals surface area (Å²) in [5.41, 5.74) is 7.11. The molecule has 1 amide bonds. The maximum absolute atomic E-state index is 11.7. The third-order valence-electron chi connectivity index (χ3n) is 2.36. The quantitative estimate of drug-likeness (QED) is 0.724. The highest BCUT2D eigenvalue weighted by atomic mass is 16.1. The Kier molecular flexibility index (Phi) is 2.92. The molecule has 0 aliphatic carbocycles. The number of hydrogen-bond acceptors (Lipinski definition) is 2. The minimum Gasteiger partial charge on any atom is -0.351 e. The maximum Gasteiger partial charge on any atom is 0.267 e. The Hall–Kier alpha value is -1.81. The lowest BCUT2D eigenvalue weighted by molar-refractivity contribution is 0.0947. The molecule has 2 aromatic rings. The van der Waals surface area contributed by atoms with Gasteiger partial charge >= 0.3 is 0 Å². The third-order valence-corrected chi connectivity index (χ3v) is 2.36. The van der Waals surface area contributed by atoms with Gasteiger partial charge in [-0.1, -0.05) is 18.2 Å². The van der Waals surface area contributed by atoms with Crippen LogP contribution >= 0.6 is 0 Å². The number of fused-ring (bicyclic) bond motifs is 1. The van der Waals surface area contributed by atoms with Gasteiger partial charge in [-0.2, -0.15) is 0 Å². The number of para-hydroxylation sites is 1. The van der Waals surface area contributed by atoms with Crippen molar-refractivity contribution in [2.75, 3.05) is 6.54 Å². The summed E-state index contributed by atoms with van der Waals surface area (Å²) < 4.78 is 0. The van der Waals surface area contributed by atoms with E-state index >= 15 is 0 Å². The van der Waals surface area contributed by atoms with Gasteiger partial charge in [-0.05, 0) is 19.1 Å². The van der Waals surface area contributed by atoms with Gasteiger partial charge in [-0.25, -0.2) is 0 Å². The second-order valence-electron chi connectivity index (χ2n) is 3.96. The molecule has 0 aliphatic rings. The topological polar surface area (TPSA) is 70.9 Å². The number of aromatic nitrogens is 1. The zero-order valence-electron chi connectivity index (χ0n) is 9.16. The first-order valence-corrected chi connectivity index (χ1v) is 5.28. The highest BCUT2D eigenvalue weighted by molar-refractivity contribution is 5.97. The van der Waals surface area contributed by atoms with Gasteiger partial charge in [0, 0.05) is 23.5 Å². The summed E-state index contributed by atoms with van der Waals surface area (Å²) >= 11 is 0. The maximum atomic E-state index is 11.7. The summed E-state index contributed by atoms with van der Waals surface area (Å²) in [6, 6.07) is 9.59. The lowest BCUT2D eigenvalue weighted by Crippen LogP contribution is -2.35. The van der Waals surface area contributed by atoms with E-state index in [4.69, 9.17) is 5.73 Å². The van der Waals surface area contributed by atoms with Crippen LogP contribution in [0, 0.1) is 0 Å². The summed E-state index contributed by atoms with van der Waals surface area (Å²) in [6.07, 6.45) is 0. The normalized spacial score (nSPS) is 12.6. The molecule has 4 heteroatoms. The van der Waals surface area contributed by atoms with Crippen LogP contribution < -0.4 is 11.1 Å². The summed E-state index contributed by atoms with van der Waals surface area (Å²) in [5.74, 6) is -0.117. The van der Waals surface area contributed by atoms with Gasteiger partial charge in [-0.3, -0.25) is 4.79 Å². The number of hydrogen-bond donors (Lipinski definition) is 3. The van der Waals surface area contributed by atoms with Crippen molar-refractivity contribution in [3.05, 3.63) is 36.0 Å². The zero-order valence-corrected chi connectivity index (χ0v) is 9.16. The average molecular weight is 217 g/mol. The van der Waals surface area contributed by atoms with Crippen LogP contribution in [-0.2, 0) is 0 Å². The second kappa shape index (κ2) is 4.37. The fourth-order valence-corrected chi connectivity index (χ4v) is 1.54. The molecule has 1 atom stereocenters. The molecule has 0 saturated heterocycles. The number of benzene rings is 1. The Balaban J connectivity index is 2.17. The fourth-order valence-electron chi connectivity index (χ4n) is 1.54. The van der Waals surface area contributed by atoms with Crippen LogP contribution in [0.25, 0.3) is 10.9 Å². The molecule has 4 N–H and O–H groups in total. The van der Waals surface area contributed by atoms with Gasteiger partial charge < -0.3 is 16.0 Å².